The van der Waals surface area contributed by atoms with Crippen molar-refractivity contribution in [1.82, 2.24) is 4.98 Å². The second-order valence-electron chi connectivity index (χ2n) is 7.55. The van der Waals surface area contributed by atoms with E-state index in [0.29, 0.717) is 24.7 Å². The van der Waals surface area contributed by atoms with Crippen LogP contribution in [0, 0.1) is 20.8 Å². The van der Waals surface area contributed by atoms with E-state index in [2.05, 4.69) is 31.8 Å². The molecule has 3 aromatic rings. The van der Waals surface area contributed by atoms with Crippen LogP contribution in [-0.2, 0) is 16.1 Å². The number of ether oxygens (including phenoxy) is 3. The molecule has 0 aliphatic heterocycles. The average Bonchev–Trinajstić information content (AvgIpc) is 2.77. The summed E-state index contributed by atoms with van der Waals surface area (Å²) in [6.45, 7) is 8.49. The van der Waals surface area contributed by atoms with Gasteiger partial charge in [-0.15, -0.1) is 0 Å². The standard InChI is InChI=1S/C26H27NO5/c1-17-12-23(31-11-10-30-20(4)29)13-18(2)26(17)24-7-5-6-22(19(24)3)16-32-25-9-8-21(15-28)14-27-25/h5-9,12-15H,10-11,16H2,1-4H3. The van der Waals surface area contributed by atoms with Crippen LogP contribution in [-0.4, -0.2) is 30.5 Å². The lowest BCUT2D eigenvalue weighted by Crippen LogP contribution is -2.09. The quantitative estimate of drug-likeness (QED) is 0.268. The first-order chi connectivity index (χ1) is 15.4. The van der Waals surface area contributed by atoms with Crippen molar-refractivity contribution in [1.29, 1.82) is 0 Å². The summed E-state index contributed by atoms with van der Waals surface area (Å²) in [6.07, 6.45) is 2.25. The molecule has 0 aliphatic rings. The maximum atomic E-state index is 10.9. The van der Waals surface area contributed by atoms with Gasteiger partial charge in [0.15, 0.2) is 6.29 Å². The Morgan fingerprint density at radius 1 is 1.00 bits per heavy atom. The molecule has 0 fully saturated rings. The summed E-state index contributed by atoms with van der Waals surface area (Å²) in [5.41, 5.74) is 7.19. The lowest BCUT2D eigenvalue weighted by atomic mass is 9.90. The van der Waals surface area contributed by atoms with Crippen LogP contribution < -0.4 is 9.47 Å². The third-order valence-corrected chi connectivity index (χ3v) is 5.15. The van der Waals surface area contributed by atoms with Crippen LogP contribution in [0.2, 0.25) is 0 Å². The van der Waals surface area contributed by atoms with Crippen LogP contribution in [0.1, 0.15) is 39.5 Å². The van der Waals surface area contributed by atoms with Crippen LogP contribution in [0.25, 0.3) is 11.1 Å². The molecule has 0 aliphatic carbocycles. The highest BCUT2D eigenvalue weighted by Gasteiger charge is 2.13. The van der Waals surface area contributed by atoms with Gasteiger partial charge in [0.2, 0.25) is 5.88 Å². The molecule has 0 radical (unpaired) electrons. The van der Waals surface area contributed by atoms with Gasteiger partial charge in [-0.2, -0.15) is 0 Å². The maximum absolute atomic E-state index is 10.9. The van der Waals surface area contributed by atoms with E-state index in [1.54, 1.807) is 12.1 Å². The lowest BCUT2D eigenvalue weighted by molar-refractivity contribution is -0.141. The average molecular weight is 434 g/mol. The summed E-state index contributed by atoms with van der Waals surface area (Å²) < 4.78 is 16.5. The number of aryl methyl sites for hydroxylation is 2. The Balaban J connectivity index is 1.77. The van der Waals surface area contributed by atoms with Crippen molar-refractivity contribution >= 4 is 12.3 Å². The molecule has 2 aromatic carbocycles. The van der Waals surface area contributed by atoms with Gasteiger partial charge in [-0.3, -0.25) is 9.59 Å². The van der Waals surface area contributed by atoms with Crippen molar-refractivity contribution in [3.05, 3.63) is 76.5 Å². The van der Waals surface area contributed by atoms with Crippen LogP contribution in [0.5, 0.6) is 11.6 Å². The summed E-state index contributed by atoms with van der Waals surface area (Å²) in [6, 6.07) is 13.5. The molecule has 166 valence electrons. The van der Waals surface area contributed by atoms with Crippen LogP contribution in [0.3, 0.4) is 0 Å². The predicted molar refractivity (Wildman–Crippen MR) is 122 cm³/mol. The van der Waals surface area contributed by atoms with Crippen molar-refractivity contribution in [3.63, 3.8) is 0 Å². The Kier molecular flexibility index (Phi) is 7.60. The van der Waals surface area contributed by atoms with Gasteiger partial charge in [-0.25, -0.2) is 4.98 Å². The number of esters is 1. The van der Waals surface area contributed by atoms with E-state index in [1.807, 2.05) is 24.3 Å². The lowest BCUT2D eigenvalue weighted by Gasteiger charge is -2.17. The predicted octanol–water partition coefficient (Wildman–Crippen LogP) is 5.01. The van der Waals surface area contributed by atoms with Crippen LogP contribution in [0.4, 0.5) is 0 Å². The molecule has 0 spiro atoms. The largest absolute Gasteiger partial charge is 0.490 e. The van der Waals surface area contributed by atoms with E-state index >= 15 is 0 Å². The van der Waals surface area contributed by atoms with Crippen molar-refractivity contribution in [3.8, 4) is 22.8 Å². The minimum atomic E-state index is -0.315. The first-order valence-electron chi connectivity index (χ1n) is 10.4. The summed E-state index contributed by atoms with van der Waals surface area (Å²) in [5, 5.41) is 0. The Labute approximate surface area is 188 Å². The number of rotatable bonds is 9. The molecule has 0 atom stereocenters. The zero-order valence-corrected chi connectivity index (χ0v) is 18.8. The Morgan fingerprint density at radius 3 is 2.38 bits per heavy atom. The Morgan fingerprint density at radius 2 is 1.75 bits per heavy atom. The Hall–Kier alpha value is -3.67. The van der Waals surface area contributed by atoms with Gasteiger partial charge in [0.05, 0.1) is 0 Å². The molecule has 0 amide bonds. The van der Waals surface area contributed by atoms with Gasteiger partial charge in [-0.05, 0) is 72.4 Å². The second-order valence-corrected chi connectivity index (χ2v) is 7.55. The van der Waals surface area contributed by atoms with Gasteiger partial charge in [0.25, 0.3) is 0 Å². The summed E-state index contributed by atoms with van der Waals surface area (Å²) >= 11 is 0. The fourth-order valence-electron chi connectivity index (χ4n) is 3.59. The first kappa shape index (κ1) is 23.0. The number of carbonyl (C=O) groups excluding carboxylic acids is 2. The molecule has 1 aromatic heterocycles. The zero-order chi connectivity index (χ0) is 23.1. The molecule has 6 nitrogen and oxygen atoms in total. The van der Waals surface area contributed by atoms with Crippen molar-refractivity contribution in [2.45, 2.75) is 34.3 Å². The third kappa shape index (κ3) is 5.72. The van der Waals surface area contributed by atoms with E-state index in [9.17, 15) is 9.59 Å². The molecule has 0 N–H and O–H groups in total. The number of nitrogens with zero attached hydrogens (tertiary/aromatic N) is 1. The second kappa shape index (κ2) is 10.6. The van der Waals surface area contributed by atoms with E-state index < -0.39 is 0 Å². The highest BCUT2D eigenvalue weighted by atomic mass is 16.6. The molecule has 0 bridgehead atoms. The molecule has 32 heavy (non-hydrogen) atoms. The number of benzene rings is 2. The summed E-state index contributed by atoms with van der Waals surface area (Å²) in [5.74, 6) is 0.908. The maximum Gasteiger partial charge on any atom is 0.302 e. The van der Waals surface area contributed by atoms with Crippen LogP contribution in [0.15, 0.2) is 48.7 Å². The van der Waals surface area contributed by atoms with E-state index in [1.165, 1.54) is 13.1 Å². The van der Waals surface area contributed by atoms with E-state index in [4.69, 9.17) is 14.2 Å². The number of carbonyl (C=O) groups is 2. The molecule has 0 saturated heterocycles. The summed E-state index contributed by atoms with van der Waals surface area (Å²) in [4.78, 5) is 25.8. The first-order valence-corrected chi connectivity index (χ1v) is 10.4. The SMILES string of the molecule is CC(=O)OCCOc1cc(C)c(-c2cccc(COc3ccc(C=O)cn3)c2C)c(C)c1. The molecular weight excluding hydrogens is 406 g/mol. The number of aldehydes is 1. The molecule has 3 rings (SSSR count). The van der Waals surface area contributed by atoms with Gasteiger partial charge < -0.3 is 14.2 Å². The monoisotopic (exact) mass is 433 g/mol. The number of hydrogen-bond donors (Lipinski definition) is 0. The van der Waals surface area contributed by atoms with Gasteiger partial charge in [0, 0.05) is 24.8 Å². The van der Waals surface area contributed by atoms with E-state index in [-0.39, 0.29) is 12.6 Å². The highest BCUT2D eigenvalue weighted by Crippen LogP contribution is 2.34. The fourth-order valence-corrected chi connectivity index (χ4v) is 3.59. The van der Waals surface area contributed by atoms with Crippen molar-refractivity contribution in [2.24, 2.45) is 0 Å². The van der Waals surface area contributed by atoms with Crippen molar-refractivity contribution in [2.75, 3.05) is 13.2 Å². The Bertz CT molecular complexity index is 1080. The fraction of sp³-hybridized carbons (Fsp3) is 0.269. The number of hydrogen-bond acceptors (Lipinski definition) is 6. The summed E-state index contributed by atoms with van der Waals surface area (Å²) in [7, 11) is 0. The minimum Gasteiger partial charge on any atom is -0.490 e. The normalized spacial score (nSPS) is 10.5. The minimum absolute atomic E-state index is 0.225. The van der Waals surface area contributed by atoms with Gasteiger partial charge in [0.1, 0.15) is 25.6 Å². The van der Waals surface area contributed by atoms with Gasteiger partial charge >= 0.3 is 5.97 Å². The molecule has 0 saturated carbocycles. The molecule has 0 unspecified atom stereocenters. The number of pyridine rings is 1. The van der Waals surface area contributed by atoms with Crippen LogP contribution >= 0.6 is 0 Å². The third-order valence-electron chi connectivity index (χ3n) is 5.15. The topological polar surface area (TPSA) is 74.7 Å². The zero-order valence-electron chi connectivity index (χ0n) is 18.8. The smallest absolute Gasteiger partial charge is 0.302 e. The molecule has 1 heterocycles. The van der Waals surface area contributed by atoms with Gasteiger partial charge in [-0.1, -0.05) is 18.2 Å². The number of aromatic nitrogens is 1. The van der Waals surface area contributed by atoms with E-state index in [0.717, 1.165) is 45.4 Å². The molecular formula is C26H27NO5. The highest BCUT2D eigenvalue weighted by molar-refractivity contribution is 5.75. The molecule has 6 heteroatoms. The van der Waals surface area contributed by atoms with Crippen molar-refractivity contribution < 1.29 is 23.8 Å².